The molecule has 2 aromatic rings. The lowest BCUT2D eigenvalue weighted by atomic mass is 9.97. The summed E-state index contributed by atoms with van der Waals surface area (Å²) in [5.41, 5.74) is 2.21. The van der Waals surface area contributed by atoms with Crippen LogP contribution in [0.3, 0.4) is 0 Å². The molecule has 0 radical (unpaired) electrons. The number of fused-ring (bicyclic) bond motifs is 1. The average molecular weight is 335 g/mol. The van der Waals surface area contributed by atoms with Gasteiger partial charge in [-0.15, -0.1) is 5.10 Å². The number of amides is 1. The number of rotatable bonds is 4. The molecule has 0 aliphatic carbocycles. The molecule has 7 nitrogen and oxygen atoms in total. The molecule has 0 saturated heterocycles. The van der Waals surface area contributed by atoms with Crippen molar-refractivity contribution >= 4 is 23.2 Å². The Morgan fingerprint density at radius 3 is 2.87 bits per heavy atom. The summed E-state index contributed by atoms with van der Waals surface area (Å²) >= 11 is 6.15. The Balaban J connectivity index is 1.87. The molecule has 1 aromatic heterocycles. The van der Waals surface area contributed by atoms with E-state index in [1.165, 1.54) is 0 Å². The van der Waals surface area contributed by atoms with E-state index in [1.807, 2.05) is 25.2 Å². The maximum Gasteiger partial charge on any atom is 0.222 e. The first kappa shape index (κ1) is 15.7. The lowest BCUT2D eigenvalue weighted by Gasteiger charge is -2.19. The van der Waals surface area contributed by atoms with Crippen LogP contribution in [0.2, 0.25) is 5.02 Å². The molecule has 3 rings (SSSR count). The summed E-state index contributed by atoms with van der Waals surface area (Å²) in [5, 5.41) is 12.3. The number of hydrogen-bond donors (Lipinski definition) is 0. The summed E-state index contributed by atoms with van der Waals surface area (Å²) in [6.07, 6.45) is 0.466. The van der Waals surface area contributed by atoms with Gasteiger partial charge in [-0.25, -0.2) is 4.68 Å². The van der Waals surface area contributed by atoms with E-state index in [4.69, 9.17) is 11.6 Å². The van der Waals surface area contributed by atoms with Gasteiger partial charge in [0.1, 0.15) is 0 Å². The fourth-order valence-electron chi connectivity index (χ4n) is 2.87. The number of tetrazole rings is 1. The Morgan fingerprint density at radius 2 is 2.22 bits per heavy atom. The van der Waals surface area contributed by atoms with Crippen LogP contribution in [0.5, 0.6) is 0 Å². The van der Waals surface area contributed by atoms with E-state index in [0.717, 1.165) is 23.6 Å². The highest BCUT2D eigenvalue weighted by atomic mass is 35.5. The zero-order chi connectivity index (χ0) is 16.6. The Bertz CT molecular complexity index is 729. The first-order valence-electron chi connectivity index (χ1n) is 7.41. The van der Waals surface area contributed by atoms with Crippen LogP contribution in [0, 0.1) is 0 Å². The van der Waals surface area contributed by atoms with Gasteiger partial charge in [0, 0.05) is 50.7 Å². The van der Waals surface area contributed by atoms with E-state index in [9.17, 15) is 4.79 Å². The molecular weight excluding hydrogens is 316 g/mol. The van der Waals surface area contributed by atoms with Crippen LogP contribution < -0.4 is 4.90 Å². The summed E-state index contributed by atoms with van der Waals surface area (Å²) in [7, 11) is 5.37. The topological polar surface area (TPSA) is 67.2 Å². The summed E-state index contributed by atoms with van der Waals surface area (Å²) in [6.45, 7) is 1.35. The first-order chi connectivity index (χ1) is 11.0. The number of hydrogen-bond acceptors (Lipinski definition) is 5. The molecule has 0 bridgehead atoms. The van der Waals surface area contributed by atoms with E-state index < -0.39 is 0 Å². The van der Waals surface area contributed by atoms with Crippen molar-refractivity contribution in [1.29, 1.82) is 0 Å². The van der Waals surface area contributed by atoms with Crippen molar-refractivity contribution in [3.05, 3.63) is 34.6 Å². The van der Waals surface area contributed by atoms with Gasteiger partial charge in [0.25, 0.3) is 0 Å². The van der Waals surface area contributed by atoms with Gasteiger partial charge in [-0.2, -0.15) is 0 Å². The highest BCUT2D eigenvalue weighted by Crippen LogP contribution is 2.40. The van der Waals surface area contributed by atoms with E-state index in [1.54, 1.807) is 23.7 Å². The number of nitrogens with zero attached hydrogens (tertiary/aromatic N) is 6. The number of carbonyl (C=O) groups is 1. The lowest BCUT2D eigenvalue weighted by Crippen LogP contribution is -2.27. The Kier molecular flexibility index (Phi) is 4.21. The number of aromatic nitrogens is 4. The van der Waals surface area contributed by atoms with Crippen LogP contribution in [-0.4, -0.2) is 51.7 Å². The molecule has 1 aromatic carbocycles. The smallest absolute Gasteiger partial charge is 0.222 e. The monoisotopic (exact) mass is 334 g/mol. The molecule has 0 spiro atoms. The zero-order valence-corrected chi connectivity index (χ0v) is 14.2. The molecular formula is C15H19ClN6O. The fraction of sp³-hybridized carbons (Fsp3) is 0.467. The fourth-order valence-corrected chi connectivity index (χ4v) is 3.05. The third kappa shape index (κ3) is 3.14. The highest BCUT2D eigenvalue weighted by Gasteiger charge is 2.31. The quantitative estimate of drug-likeness (QED) is 0.846. The van der Waals surface area contributed by atoms with Crippen molar-refractivity contribution in [2.75, 3.05) is 25.5 Å². The van der Waals surface area contributed by atoms with Crippen LogP contribution in [0.25, 0.3) is 0 Å². The second-order valence-electron chi connectivity index (χ2n) is 5.99. The van der Waals surface area contributed by atoms with Crippen LogP contribution in [-0.2, 0) is 18.4 Å². The van der Waals surface area contributed by atoms with Gasteiger partial charge < -0.3 is 9.80 Å². The number of halogens is 1. The van der Waals surface area contributed by atoms with Crippen LogP contribution in [0.15, 0.2) is 18.2 Å². The standard InChI is InChI=1S/C15H19ClN6O/c1-20(2)15(23)6-10-8-22(9-14-17-18-19-21(14)3)13-5-4-11(16)7-12(10)13/h4-5,7,10H,6,8-9H2,1-3H3. The molecule has 0 N–H and O–H groups in total. The minimum Gasteiger partial charge on any atom is -0.363 e. The minimum absolute atomic E-state index is 0.114. The molecule has 2 heterocycles. The minimum atomic E-state index is 0.114. The van der Waals surface area contributed by atoms with Crippen molar-refractivity contribution in [2.45, 2.75) is 18.9 Å². The second kappa shape index (κ2) is 6.16. The van der Waals surface area contributed by atoms with Gasteiger partial charge in [0.05, 0.1) is 6.54 Å². The largest absolute Gasteiger partial charge is 0.363 e. The average Bonchev–Trinajstić information content (AvgIpc) is 3.04. The molecule has 1 atom stereocenters. The van der Waals surface area contributed by atoms with Crippen molar-refractivity contribution < 1.29 is 4.79 Å². The Hall–Kier alpha value is -2.15. The zero-order valence-electron chi connectivity index (χ0n) is 13.4. The SMILES string of the molecule is CN(C)C(=O)CC1CN(Cc2nnnn2C)c2ccc(Cl)cc21. The third-order valence-electron chi connectivity index (χ3n) is 4.17. The molecule has 122 valence electrons. The van der Waals surface area contributed by atoms with Crippen molar-refractivity contribution in [1.82, 2.24) is 25.1 Å². The number of aryl methyl sites for hydroxylation is 1. The Labute approximate surface area is 139 Å². The van der Waals surface area contributed by atoms with E-state index >= 15 is 0 Å². The predicted octanol–water partition coefficient (Wildman–Crippen LogP) is 1.45. The molecule has 23 heavy (non-hydrogen) atoms. The predicted molar refractivity (Wildman–Crippen MR) is 87.4 cm³/mol. The van der Waals surface area contributed by atoms with Gasteiger partial charge >= 0.3 is 0 Å². The van der Waals surface area contributed by atoms with Gasteiger partial charge in [0.2, 0.25) is 5.91 Å². The van der Waals surface area contributed by atoms with Gasteiger partial charge in [-0.05, 0) is 34.2 Å². The molecule has 8 heteroatoms. The number of benzene rings is 1. The summed E-state index contributed by atoms with van der Waals surface area (Å²) < 4.78 is 1.66. The van der Waals surface area contributed by atoms with Crippen LogP contribution >= 0.6 is 11.6 Å². The van der Waals surface area contributed by atoms with Gasteiger partial charge in [-0.1, -0.05) is 11.6 Å². The molecule has 1 unspecified atom stereocenters. The van der Waals surface area contributed by atoms with Gasteiger partial charge in [0.15, 0.2) is 5.82 Å². The summed E-state index contributed by atoms with van der Waals surface area (Å²) in [5.74, 6) is 1.02. The van der Waals surface area contributed by atoms with Crippen molar-refractivity contribution in [3.8, 4) is 0 Å². The summed E-state index contributed by atoms with van der Waals surface area (Å²) in [4.78, 5) is 15.9. The normalized spacial score (nSPS) is 16.5. The van der Waals surface area contributed by atoms with Crippen LogP contribution in [0.1, 0.15) is 23.7 Å². The van der Waals surface area contributed by atoms with E-state index in [-0.39, 0.29) is 11.8 Å². The third-order valence-corrected chi connectivity index (χ3v) is 4.41. The first-order valence-corrected chi connectivity index (χ1v) is 7.79. The van der Waals surface area contributed by atoms with E-state index in [0.29, 0.717) is 18.0 Å². The Morgan fingerprint density at radius 1 is 1.43 bits per heavy atom. The molecule has 1 aliphatic heterocycles. The summed E-state index contributed by atoms with van der Waals surface area (Å²) in [6, 6.07) is 5.83. The van der Waals surface area contributed by atoms with E-state index in [2.05, 4.69) is 20.4 Å². The van der Waals surface area contributed by atoms with Crippen molar-refractivity contribution in [3.63, 3.8) is 0 Å². The van der Waals surface area contributed by atoms with Crippen molar-refractivity contribution in [2.24, 2.45) is 7.05 Å². The molecule has 1 aliphatic rings. The highest BCUT2D eigenvalue weighted by molar-refractivity contribution is 6.30. The second-order valence-corrected chi connectivity index (χ2v) is 6.43. The number of anilines is 1. The number of carbonyl (C=O) groups excluding carboxylic acids is 1. The molecule has 0 fully saturated rings. The molecule has 1 amide bonds. The van der Waals surface area contributed by atoms with Crippen LogP contribution in [0.4, 0.5) is 5.69 Å². The van der Waals surface area contributed by atoms with Gasteiger partial charge in [-0.3, -0.25) is 4.79 Å². The maximum atomic E-state index is 12.1. The molecule has 0 saturated carbocycles. The lowest BCUT2D eigenvalue weighted by molar-refractivity contribution is -0.129. The maximum absolute atomic E-state index is 12.1.